The van der Waals surface area contributed by atoms with Crippen LogP contribution in [0.25, 0.3) is 0 Å². The van der Waals surface area contributed by atoms with E-state index in [1.165, 1.54) is 16.7 Å². The van der Waals surface area contributed by atoms with Gasteiger partial charge in [0, 0.05) is 42.3 Å². The first-order valence-electron chi connectivity index (χ1n) is 9.76. The van der Waals surface area contributed by atoms with Crippen LogP contribution in [0.4, 0.5) is 5.69 Å². The Hall–Kier alpha value is -2.86. The van der Waals surface area contributed by atoms with Crippen molar-refractivity contribution in [2.75, 3.05) is 6.54 Å². The molecule has 2 aromatic carbocycles. The highest BCUT2D eigenvalue weighted by Crippen LogP contribution is 2.43. The van der Waals surface area contributed by atoms with Crippen LogP contribution in [0.3, 0.4) is 0 Å². The average Bonchev–Trinajstić information content (AvgIpc) is 3.31. The highest BCUT2D eigenvalue weighted by molar-refractivity contribution is 5.96. The fraction of sp³-hybridized carbons (Fsp3) is 0.333. The number of hydrogen-bond acceptors (Lipinski definition) is 2. The number of aliphatic imine (C=N–C) groups is 1. The Bertz CT molecular complexity index is 1020. The Morgan fingerprint density at radius 3 is 2.96 bits per heavy atom. The van der Waals surface area contributed by atoms with E-state index in [0.29, 0.717) is 5.92 Å². The average molecular weight is 354 g/mol. The van der Waals surface area contributed by atoms with Crippen molar-refractivity contribution < 1.29 is 4.79 Å². The minimum absolute atomic E-state index is 0.149. The summed E-state index contributed by atoms with van der Waals surface area (Å²) in [6, 6.07) is 12.8. The van der Waals surface area contributed by atoms with Crippen LogP contribution in [0.2, 0.25) is 0 Å². The topological polar surface area (TPSA) is 32.7 Å². The second kappa shape index (κ2) is 6.39. The second-order valence-corrected chi connectivity index (χ2v) is 7.67. The molecule has 3 aliphatic rings. The van der Waals surface area contributed by atoms with Crippen molar-refractivity contribution in [2.24, 2.45) is 4.99 Å². The van der Waals surface area contributed by atoms with E-state index in [0.717, 1.165) is 49.0 Å². The lowest BCUT2D eigenvalue weighted by molar-refractivity contribution is 0.0595. The Morgan fingerprint density at radius 1 is 1.19 bits per heavy atom. The third-order valence-corrected chi connectivity index (χ3v) is 6.16. The smallest absolute Gasteiger partial charge is 0.254 e. The van der Waals surface area contributed by atoms with Crippen LogP contribution in [0.15, 0.2) is 41.4 Å². The van der Waals surface area contributed by atoms with Crippen molar-refractivity contribution >= 4 is 17.8 Å². The monoisotopic (exact) mass is 354 g/mol. The minimum atomic E-state index is 0.149. The molecule has 1 amide bonds. The number of fused-ring (bicyclic) bond motifs is 4. The van der Waals surface area contributed by atoms with Crippen molar-refractivity contribution in [3.05, 3.63) is 64.2 Å². The van der Waals surface area contributed by atoms with Crippen LogP contribution < -0.4 is 0 Å². The molecule has 2 heterocycles. The molecule has 3 nitrogen and oxygen atoms in total. The minimum Gasteiger partial charge on any atom is -0.335 e. The van der Waals surface area contributed by atoms with Crippen molar-refractivity contribution in [3.63, 3.8) is 0 Å². The highest BCUT2D eigenvalue weighted by Gasteiger charge is 2.41. The summed E-state index contributed by atoms with van der Waals surface area (Å²) in [5.41, 5.74) is 6.78. The van der Waals surface area contributed by atoms with Crippen molar-refractivity contribution in [3.8, 4) is 11.8 Å². The zero-order valence-electron chi connectivity index (χ0n) is 15.5. The first kappa shape index (κ1) is 16.3. The summed E-state index contributed by atoms with van der Waals surface area (Å²) in [5.74, 6) is 6.75. The van der Waals surface area contributed by atoms with Gasteiger partial charge in [-0.3, -0.25) is 9.79 Å². The van der Waals surface area contributed by atoms with Gasteiger partial charge in [0.15, 0.2) is 0 Å². The van der Waals surface area contributed by atoms with Gasteiger partial charge in [-0.25, -0.2) is 0 Å². The quantitative estimate of drug-likeness (QED) is 0.704. The van der Waals surface area contributed by atoms with E-state index in [9.17, 15) is 4.79 Å². The molecular formula is C24H22N2O. The van der Waals surface area contributed by atoms with Gasteiger partial charge in [0.2, 0.25) is 0 Å². The molecule has 0 unspecified atom stereocenters. The molecule has 134 valence electrons. The predicted octanol–water partition coefficient (Wildman–Crippen LogP) is 4.26. The highest BCUT2D eigenvalue weighted by atomic mass is 16.2. The first-order valence-corrected chi connectivity index (χ1v) is 9.76. The van der Waals surface area contributed by atoms with Gasteiger partial charge >= 0.3 is 0 Å². The van der Waals surface area contributed by atoms with Crippen molar-refractivity contribution in [1.29, 1.82) is 0 Å². The van der Waals surface area contributed by atoms with Gasteiger partial charge in [-0.2, -0.15) is 0 Å². The van der Waals surface area contributed by atoms with Gasteiger partial charge in [0.05, 0.1) is 5.69 Å². The number of amides is 1. The molecule has 2 aromatic rings. The zero-order chi connectivity index (χ0) is 18.4. The lowest BCUT2D eigenvalue weighted by Gasteiger charge is -2.38. The zero-order valence-corrected chi connectivity index (χ0v) is 15.5. The summed E-state index contributed by atoms with van der Waals surface area (Å²) >= 11 is 0. The Morgan fingerprint density at radius 2 is 2.07 bits per heavy atom. The van der Waals surface area contributed by atoms with Crippen LogP contribution in [0.5, 0.6) is 0 Å². The lowest BCUT2D eigenvalue weighted by Crippen LogP contribution is -2.46. The summed E-state index contributed by atoms with van der Waals surface area (Å²) in [6.07, 6.45) is 5.95. The molecule has 0 saturated carbocycles. The number of benzene rings is 2. The maximum absolute atomic E-state index is 13.3. The number of nitrogens with zero attached hydrogens (tertiary/aromatic N) is 2. The molecule has 0 bridgehead atoms. The van der Waals surface area contributed by atoms with E-state index in [1.807, 2.05) is 25.3 Å². The number of carbonyl (C=O) groups excluding carboxylic acids is 1. The molecule has 1 saturated heterocycles. The number of carbonyl (C=O) groups is 1. The SMILES string of the molecule is CC#Cc1ccc2c(c1)[C@H]1CCCN(C(=O)c3ccc4c(c3)N=CC4)[C@H]1C2. The molecule has 2 atom stereocenters. The molecule has 27 heavy (non-hydrogen) atoms. The molecule has 0 radical (unpaired) electrons. The fourth-order valence-electron chi connectivity index (χ4n) is 4.90. The molecule has 1 aliphatic carbocycles. The van der Waals surface area contributed by atoms with Gasteiger partial charge in [0.1, 0.15) is 0 Å². The molecule has 0 N–H and O–H groups in total. The van der Waals surface area contributed by atoms with E-state index in [-0.39, 0.29) is 11.9 Å². The normalized spacial score (nSPS) is 21.9. The van der Waals surface area contributed by atoms with Gasteiger partial charge in [0.25, 0.3) is 5.91 Å². The van der Waals surface area contributed by atoms with Crippen LogP contribution >= 0.6 is 0 Å². The van der Waals surface area contributed by atoms with Gasteiger partial charge in [-0.1, -0.05) is 18.1 Å². The second-order valence-electron chi connectivity index (χ2n) is 7.67. The fourth-order valence-corrected chi connectivity index (χ4v) is 4.90. The number of likely N-dealkylation sites (tertiary alicyclic amines) is 1. The van der Waals surface area contributed by atoms with E-state index >= 15 is 0 Å². The van der Waals surface area contributed by atoms with Gasteiger partial charge < -0.3 is 4.90 Å². The Kier molecular flexibility index (Phi) is 3.86. The molecular weight excluding hydrogens is 332 g/mol. The summed E-state index contributed by atoms with van der Waals surface area (Å²) in [7, 11) is 0. The number of hydrogen-bond donors (Lipinski definition) is 0. The maximum Gasteiger partial charge on any atom is 0.254 e. The lowest BCUT2D eigenvalue weighted by atomic mass is 9.87. The van der Waals surface area contributed by atoms with Crippen molar-refractivity contribution in [1.82, 2.24) is 4.90 Å². The third kappa shape index (κ3) is 2.68. The summed E-state index contributed by atoms with van der Waals surface area (Å²) < 4.78 is 0. The standard InChI is InChI=1S/C24H22N2O/c1-2-4-16-6-7-18-15-23-20(21(18)13-16)5-3-12-26(23)24(27)19-9-8-17-10-11-25-22(17)14-19/h6-9,11,13-14,20,23H,3,5,10,12,15H2,1H3/t20-,23+/m1/s1. The van der Waals surface area contributed by atoms with E-state index in [2.05, 4.69) is 46.0 Å². The predicted molar refractivity (Wildman–Crippen MR) is 108 cm³/mol. The summed E-state index contributed by atoms with van der Waals surface area (Å²) in [5, 5.41) is 0. The largest absolute Gasteiger partial charge is 0.335 e. The van der Waals surface area contributed by atoms with E-state index in [1.54, 1.807) is 0 Å². The van der Waals surface area contributed by atoms with Gasteiger partial charge in [-0.05, 0) is 67.1 Å². The molecule has 1 fully saturated rings. The molecule has 5 rings (SSSR count). The molecule has 0 spiro atoms. The first-order chi connectivity index (χ1) is 13.2. The van der Waals surface area contributed by atoms with E-state index in [4.69, 9.17) is 0 Å². The molecule has 2 aliphatic heterocycles. The van der Waals surface area contributed by atoms with Crippen LogP contribution in [0, 0.1) is 11.8 Å². The molecule has 0 aromatic heterocycles. The van der Waals surface area contributed by atoms with E-state index < -0.39 is 0 Å². The van der Waals surface area contributed by atoms with Crippen LogP contribution in [-0.4, -0.2) is 29.6 Å². The Balaban J connectivity index is 1.45. The maximum atomic E-state index is 13.3. The molecule has 3 heteroatoms. The van der Waals surface area contributed by atoms with Crippen molar-refractivity contribution in [2.45, 2.75) is 44.6 Å². The summed E-state index contributed by atoms with van der Waals surface area (Å²) in [4.78, 5) is 19.8. The van der Waals surface area contributed by atoms with Crippen LogP contribution in [0.1, 0.15) is 58.3 Å². The van der Waals surface area contributed by atoms with Gasteiger partial charge in [-0.15, -0.1) is 5.92 Å². The number of rotatable bonds is 1. The van der Waals surface area contributed by atoms with Crippen LogP contribution in [-0.2, 0) is 12.8 Å². The number of piperidine rings is 1. The Labute approximate surface area is 160 Å². The summed E-state index contributed by atoms with van der Waals surface area (Å²) in [6.45, 7) is 2.72. The third-order valence-electron chi connectivity index (χ3n) is 6.16.